The topological polar surface area (TPSA) is 113 Å². The molecule has 0 saturated carbocycles. The van der Waals surface area contributed by atoms with E-state index < -0.39 is 35.1 Å². The van der Waals surface area contributed by atoms with E-state index >= 15 is 0 Å². The largest absolute Gasteiger partial charge is 0.478 e. The van der Waals surface area contributed by atoms with E-state index in [1.54, 1.807) is 6.92 Å². The Morgan fingerprint density at radius 2 is 2.00 bits per heavy atom. The molecule has 20 heavy (non-hydrogen) atoms. The summed E-state index contributed by atoms with van der Waals surface area (Å²) in [4.78, 5) is 46.9. The molecule has 0 aromatic carbocycles. The number of carboxylic acids is 1. The van der Waals surface area contributed by atoms with Crippen molar-refractivity contribution in [2.75, 3.05) is 6.61 Å². The van der Waals surface area contributed by atoms with Crippen LogP contribution in [0.1, 0.15) is 27.2 Å². The van der Waals surface area contributed by atoms with Gasteiger partial charge in [-0.05, 0) is 20.3 Å². The van der Waals surface area contributed by atoms with Crippen LogP contribution in [0.25, 0.3) is 0 Å². The predicted octanol–water partition coefficient (Wildman–Crippen LogP) is 0.238. The third kappa shape index (κ3) is 3.14. The number of amides is 3. The minimum Gasteiger partial charge on any atom is -0.478 e. The summed E-state index contributed by atoms with van der Waals surface area (Å²) in [5.74, 6) is -3.21. The van der Waals surface area contributed by atoms with Crippen LogP contribution in [0.3, 0.4) is 0 Å². The molecule has 0 atom stereocenters. The molecule has 2 N–H and O–H groups in total. The SMILES string of the molecule is CCCOC(=O)/C(=C/C(=O)O)N1C(=O)NC(C)(C)C1=O. The van der Waals surface area contributed by atoms with Crippen molar-refractivity contribution in [3.8, 4) is 0 Å². The number of urea groups is 1. The molecular formula is C12H16N2O6. The molecule has 0 unspecified atom stereocenters. The second-order valence-electron chi connectivity index (χ2n) is 4.70. The van der Waals surface area contributed by atoms with Gasteiger partial charge in [0.05, 0.1) is 12.7 Å². The zero-order valence-electron chi connectivity index (χ0n) is 11.4. The fourth-order valence-electron chi connectivity index (χ4n) is 1.57. The van der Waals surface area contributed by atoms with Crippen molar-refractivity contribution in [3.63, 3.8) is 0 Å². The summed E-state index contributed by atoms with van der Waals surface area (Å²) >= 11 is 0. The van der Waals surface area contributed by atoms with Gasteiger partial charge < -0.3 is 15.2 Å². The van der Waals surface area contributed by atoms with Gasteiger partial charge in [0.2, 0.25) is 0 Å². The molecule has 0 aliphatic carbocycles. The first-order valence-electron chi connectivity index (χ1n) is 5.99. The average molecular weight is 284 g/mol. The van der Waals surface area contributed by atoms with Gasteiger partial charge in [-0.25, -0.2) is 19.3 Å². The Kier molecular flexibility index (Phi) is 4.49. The molecule has 1 rings (SSSR count). The molecule has 3 amide bonds. The van der Waals surface area contributed by atoms with Crippen molar-refractivity contribution in [2.24, 2.45) is 0 Å². The van der Waals surface area contributed by atoms with Crippen LogP contribution in [0.4, 0.5) is 4.79 Å². The molecule has 1 saturated heterocycles. The van der Waals surface area contributed by atoms with Gasteiger partial charge in [-0.3, -0.25) is 4.79 Å². The number of rotatable bonds is 5. The number of hydrogen-bond acceptors (Lipinski definition) is 5. The number of carboxylic acid groups (broad SMARTS) is 1. The van der Waals surface area contributed by atoms with Crippen LogP contribution in [-0.2, 0) is 19.1 Å². The van der Waals surface area contributed by atoms with E-state index in [-0.39, 0.29) is 6.61 Å². The summed E-state index contributed by atoms with van der Waals surface area (Å²) in [7, 11) is 0. The summed E-state index contributed by atoms with van der Waals surface area (Å²) in [6, 6.07) is -0.860. The first-order valence-corrected chi connectivity index (χ1v) is 5.99. The minimum atomic E-state index is -1.46. The molecule has 0 radical (unpaired) electrons. The van der Waals surface area contributed by atoms with Gasteiger partial charge in [0, 0.05) is 0 Å². The summed E-state index contributed by atoms with van der Waals surface area (Å²) in [6.45, 7) is 4.71. The summed E-state index contributed by atoms with van der Waals surface area (Å²) in [5.41, 5.74) is -1.82. The fraction of sp³-hybridized carbons (Fsp3) is 0.500. The second kappa shape index (κ2) is 5.72. The maximum Gasteiger partial charge on any atom is 0.355 e. The van der Waals surface area contributed by atoms with Gasteiger partial charge in [-0.15, -0.1) is 0 Å². The third-order valence-corrected chi connectivity index (χ3v) is 2.51. The Balaban J connectivity index is 3.13. The molecule has 0 bridgehead atoms. The Hall–Kier alpha value is -2.38. The van der Waals surface area contributed by atoms with E-state index in [1.807, 2.05) is 0 Å². The summed E-state index contributed by atoms with van der Waals surface area (Å²) in [6.07, 6.45) is 1.01. The number of hydrogen-bond donors (Lipinski definition) is 2. The molecule has 1 aliphatic heterocycles. The number of nitrogens with one attached hydrogen (secondary N) is 1. The molecule has 8 heteroatoms. The van der Waals surface area contributed by atoms with Crippen LogP contribution >= 0.6 is 0 Å². The molecule has 0 spiro atoms. The van der Waals surface area contributed by atoms with E-state index in [9.17, 15) is 19.2 Å². The monoisotopic (exact) mass is 284 g/mol. The van der Waals surface area contributed by atoms with Crippen molar-refractivity contribution in [2.45, 2.75) is 32.7 Å². The van der Waals surface area contributed by atoms with Crippen molar-refractivity contribution in [1.82, 2.24) is 10.2 Å². The van der Waals surface area contributed by atoms with Gasteiger partial charge >= 0.3 is 18.0 Å². The Morgan fingerprint density at radius 3 is 2.40 bits per heavy atom. The summed E-state index contributed by atoms with van der Waals surface area (Å²) in [5, 5.41) is 11.1. The molecular weight excluding hydrogens is 268 g/mol. The molecule has 1 fully saturated rings. The lowest BCUT2D eigenvalue weighted by atomic mass is 10.1. The summed E-state index contributed by atoms with van der Waals surface area (Å²) < 4.78 is 4.79. The van der Waals surface area contributed by atoms with Crippen molar-refractivity contribution in [3.05, 3.63) is 11.8 Å². The number of carbonyl (C=O) groups is 4. The lowest BCUT2D eigenvalue weighted by Crippen LogP contribution is -2.40. The van der Waals surface area contributed by atoms with Crippen LogP contribution in [0.15, 0.2) is 11.8 Å². The third-order valence-electron chi connectivity index (χ3n) is 2.51. The van der Waals surface area contributed by atoms with Gasteiger partial charge in [-0.2, -0.15) is 0 Å². The van der Waals surface area contributed by atoms with Crippen molar-refractivity contribution in [1.29, 1.82) is 0 Å². The van der Waals surface area contributed by atoms with Crippen LogP contribution in [0.5, 0.6) is 0 Å². The highest BCUT2D eigenvalue weighted by atomic mass is 16.5. The number of carbonyl (C=O) groups excluding carboxylic acids is 3. The highest BCUT2D eigenvalue weighted by molar-refractivity contribution is 6.13. The molecule has 1 heterocycles. The quantitative estimate of drug-likeness (QED) is 0.425. The van der Waals surface area contributed by atoms with Crippen LogP contribution in [0.2, 0.25) is 0 Å². The minimum absolute atomic E-state index is 0.0584. The highest BCUT2D eigenvalue weighted by Crippen LogP contribution is 2.22. The first kappa shape index (κ1) is 15.7. The van der Waals surface area contributed by atoms with Crippen LogP contribution < -0.4 is 5.32 Å². The molecule has 8 nitrogen and oxygen atoms in total. The maximum atomic E-state index is 12.0. The molecule has 110 valence electrons. The lowest BCUT2D eigenvalue weighted by molar-refractivity contribution is -0.144. The molecule has 1 aliphatic rings. The van der Waals surface area contributed by atoms with Gasteiger partial charge in [-0.1, -0.05) is 6.92 Å². The Morgan fingerprint density at radius 1 is 1.40 bits per heavy atom. The standard InChI is InChI=1S/C12H16N2O6/c1-4-5-20-9(17)7(6-8(15)16)14-10(18)12(2,3)13-11(14)19/h6H,4-5H2,1-3H3,(H,13,19)(H,15,16)/b7-6-. The number of ether oxygens (including phenoxy) is 1. The molecule has 0 aromatic rings. The van der Waals surface area contributed by atoms with E-state index in [2.05, 4.69) is 5.32 Å². The average Bonchev–Trinajstić information content (AvgIpc) is 2.52. The lowest BCUT2D eigenvalue weighted by Gasteiger charge is -2.17. The van der Waals surface area contributed by atoms with E-state index in [1.165, 1.54) is 13.8 Å². The number of nitrogens with zero attached hydrogens (tertiary/aromatic N) is 1. The van der Waals surface area contributed by atoms with Crippen LogP contribution in [-0.4, -0.2) is 46.0 Å². The normalized spacial score (nSPS) is 17.9. The smallest absolute Gasteiger partial charge is 0.355 e. The first-order chi connectivity index (χ1) is 9.20. The second-order valence-corrected chi connectivity index (χ2v) is 4.70. The zero-order chi connectivity index (χ0) is 15.5. The zero-order valence-corrected chi connectivity index (χ0v) is 11.4. The van der Waals surface area contributed by atoms with E-state index in [4.69, 9.17) is 9.84 Å². The van der Waals surface area contributed by atoms with Gasteiger partial charge in [0.1, 0.15) is 11.2 Å². The van der Waals surface area contributed by atoms with E-state index in [0.29, 0.717) is 17.4 Å². The van der Waals surface area contributed by atoms with E-state index in [0.717, 1.165) is 0 Å². The number of imide groups is 1. The molecule has 0 aromatic heterocycles. The highest BCUT2D eigenvalue weighted by Gasteiger charge is 2.47. The van der Waals surface area contributed by atoms with Crippen LogP contribution in [0, 0.1) is 0 Å². The maximum absolute atomic E-state index is 12.0. The number of aliphatic carboxylic acids is 1. The Bertz CT molecular complexity index is 494. The fourth-order valence-corrected chi connectivity index (χ4v) is 1.57. The van der Waals surface area contributed by atoms with Crippen molar-refractivity contribution < 1.29 is 29.0 Å². The van der Waals surface area contributed by atoms with Gasteiger partial charge in [0.25, 0.3) is 5.91 Å². The predicted molar refractivity (Wildman–Crippen MR) is 66.4 cm³/mol. The van der Waals surface area contributed by atoms with Gasteiger partial charge in [0.15, 0.2) is 0 Å². The Labute approximate surface area is 115 Å². The van der Waals surface area contributed by atoms with Crippen molar-refractivity contribution >= 4 is 23.9 Å². The number of esters is 1.